The molecule has 8 bridgehead atoms. The number of hydrogen-bond donors (Lipinski definition) is 9. The molecule has 0 saturated carbocycles. The van der Waals surface area contributed by atoms with Crippen LogP contribution in [0.5, 0.6) is 17.2 Å². The van der Waals surface area contributed by atoms with Gasteiger partial charge in [0.2, 0.25) is 0 Å². The summed E-state index contributed by atoms with van der Waals surface area (Å²) in [6, 6.07) is 42.4. The van der Waals surface area contributed by atoms with Gasteiger partial charge < -0.3 is 76.3 Å². The van der Waals surface area contributed by atoms with Crippen LogP contribution in [-0.4, -0.2) is 218 Å². The van der Waals surface area contributed by atoms with Crippen molar-refractivity contribution in [2.24, 2.45) is 0 Å². The van der Waals surface area contributed by atoms with E-state index in [-0.39, 0.29) is 188 Å². The summed E-state index contributed by atoms with van der Waals surface area (Å²) in [6.07, 6.45) is -0.541. The van der Waals surface area contributed by atoms with Crippen LogP contribution in [0.15, 0.2) is 146 Å². The van der Waals surface area contributed by atoms with Crippen molar-refractivity contribution in [1.82, 2.24) is 62.6 Å². The number of fused-ring (bicyclic) bond motifs is 1. The summed E-state index contributed by atoms with van der Waals surface area (Å²) >= 11 is 0. The first-order valence-corrected chi connectivity index (χ1v) is 37.7. The normalized spacial score (nSPS) is 16.1. The van der Waals surface area contributed by atoms with Crippen LogP contribution in [0.3, 0.4) is 0 Å². The molecule has 9 N–H and O–H groups in total. The van der Waals surface area contributed by atoms with E-state index in [0.717, 1.165) is 16.7 Å². The van der Waals surface area contributed by atoms with Crippen LogP contribution in [0.4, 0.5) is 4.79 Å². The molecule has 7 aromatic rings. The Hall–Kier alpha value is -11.2. The largest absolute Gasteiger partial charge is 0.487 e. The van der Waals surface area contributed by atoms with Gasteiger partial charge in [-0.3, -0.25) is 53.1 Å². The maximum atomic E-state index is 15.0. The number of carbonyl (C=O) groups excluding carboxylic acids is 9. The fourth-order valence-electron chi connectivity index (χ4n) is 12.5. The highest BCUT2D eigenvalue weighted by Crippen LogP contribution is 2.37. The van der Waals surface area contributed by atoms with Gasteiger partial charge in [-0.15, -0.1) is 0 Å². The van der Waals surface area contributed by atoms with E-state index >= 15 is 4.79 Å². The lowest BCUT2D eigenvalue weighted by Crippen LogP contribution is -2.46. The van der Waals surface area contributed by atoms with Crippen LogP contribution in [0.25, 0.3) is 0 Å². The van der Waals surface area contributed by atoms with Gasteiger partial charge in [0.25, 0.3) is 47.3 Å². The smallest absolute Gasteiger partial charge is 0.407 e. The SMILES string of the molecule is Cc1c2ccc(c1C)C(=O)NCCN1CCNC(=O)c3ccc(c(C)c3C)C(=O)NCCN(CCNC2=O)CCNC(=O)c2ccc(c(OCc3ccccc3)c2OCc2ccccc2)C(=O)NCCN(CCNC(=O)c2cccc(C(=O)NCCOCCOCCNC(=O)OC(C)(C)C)c2OCc2ccccc2)CC1. The Labute approximate surface area is 648 Å². The van der Waals surface area contributed by atoms with E-state index in [1.165, 1.54) is 12.1 Å². The van der Waals surface area contributed by atoms with E-state index in [4.69, 9.17) is 28.4 Å². The number of alkyl carbamates (subject to hydrolysis) is 1. The summed E-state index contributed by atoms with van der Waals surface area (Å²) in [7, 11) is 0. The van der Waals surface area contributed by atoms with Gasteiger partial charge >= 0.3 is 6.09 Å². The van der Waals surface area contributed by atoms with Crippen LogP contribution in [0.1, 0.15) is 143 Å². The Morgan fingerprint density at radius 2 is 0.685 bits per heavy atom. The van der Waals surface area contributed by atoms with Crippen LogP contribution in [0, 0.1) is 27.7 Å². The number of rotatable bonds is 23. The summed E-state index contributed by atoms with van der Waals surface area (Å²) < 4.78 is 36.2. The Morgan fingerprint density at radius 1 is 0.360 bits per heavy atom. The number of amides is 9. The van der Waals surface area contributed by atoms with E-state index in [1.807, 2.05) is 95.9 Å². The quantitative estimate of drug-likeness (QED) is 0.0289. The fraction of sp³-hybridized carbons (Fsp3) is 0.393. The summed E-state index contributed by atoms with van der Waals surface area (Å²) in [4.78, 5) is 133. The standard InChI is InChI=1S/C84H104N12O15/c1-57-59(3)66-28-26-64(57)75(97)85-32-41-94-42-33-86-76(98)65-27-29-67(60(4)58(65)2)78(100)88-36-45-95(44-35-87-77(66)99)48-49-96(47-38-91-82(104)71-31-30-70(81(103)90-34-43-94)73(109-55-62-20-13-9-14-21-62)74(71)110-56-63-22-15-10-16-23-63)46-37-89-79(101)68-24-17-25-69(72(68)108-54-61-18-11-8-12-19-61)80(102)92-39-50-106-52-53-107-51-40-93-83(105)111-84(5,6)7/h8-31H,32-56H2,1-7H3,(H,85,97)(H,86,98)(H,87,99)(H,88,100)(H,89,101)(H,90,103)(H,91,104)(H,92,102)(H,93,105). The van der Waals surface area contributed by atoms with Gasteiger partial charge in [-0.25, -0.2) is 4.79 Å². The van der Waals surface area contributed by atoms with Gasteiger partial charge in [-0.1, -0.05) is 97.1 Å². The average Bonchev–Trinajstić information content (AvgIpc) is 0.811. The van der Waals surface area contributed by atoms with Crippen LogP contribution >= 0.6 is 0 Å². The van der Waals surface area contributed by atoms with Crippen LogP contribution in [0.2, 0.25) is 0 Å². The van der Waals surface area contributed by atoms with Crippen molar-refractivity contribution in [2.75, 3.05) is 144 Å². The zero-order valence-corrected chi connectivity index (χ0v) is 64.5. The van der Waals surface area contributed by atoms with Crippen molar-refractivity contribution in [2.45, 2.75) is 73.9 Å². The lowest BCUT2D eigenvalue weighted by atomic mass is 9.97. The summed E-state index contributed by atoms with van der Waals surface area (Å²) in [5.74, 6) is -3.36. The molecule has 9 amide bonds. The first-order valence-electron chi connectivity index (χ1n) is 37.7. The zero-order valence-electron chi connectivity index (χ0n) is 64.5. The van der Waals surface area contributed by atoms with E-state index in [9.17, 15) is 38.4 Å². The van der Waals surface area contributed by atoms with Gasteiger partial charge in [-0.2, -0.15) is 0 Å². The summed E-state index contributed by atoms with van der Waals surface area (Å²) in [5.41, 5.74) is 6.21. The molecule has 0 atom stereocenters. The molecule has 27 nitrogen and oxygen atoms in total. The molecule has 0 aromatic heterocycles. The number of hydrogen-bond acceptors (Lipinski definition) is 18. The third-order valence-corrected chi connectivity index (χ3v) is 18.9. The Kier molecular flexibility index (Phi) is 32.2. The minimum Gasteiger partial charge on any atom is -0.487 e. The van der Waals surface area contributed by atoms with E-state index in [2.05, 4.69) is 57.7 Å². The van der Waals surface area contributed by atoms with E-state index < -0.39 is 35.3 Å². The minimum atomic E-state index is -0.624. The van der Waals surface area contributed by atoms with E-state index in [0.29, 0.717) is 83.8 Å². The number of benzene rings is 7. The highest BCUT2D eigenvalue weighted by molar-refractivity contribution is 6.05. The molecular weight excluding hydrogens is 1420 g/mol. The predicted octanol–water partition coefficient (Wildman–Crippen LogP) is 7.09. The Balaban J connectivity index is 1.01. The second-order valence-electron chi connectivity index (χ2n) is 27.9. The third-order valence-electron chi connectivity index (χ3n) is 18.9. The summed E-state index contributed by atoms with van der Waals surface area (Å²) in [6.45, 7) is 17.3. The molecule has 27 heteroatoms. The van der Waals surface area contributed by atoms with E-state index in [1.54, 1.807) is 90.9 Å². The molecule has 111 heavy (non-hydrogen) atoms. The van der Waals surface area contributed by atoms with Crippen molar-refractivity contribution in [3.8, 4) is 17.2 Å². The van der Waals surface area contributed by atoms with Gasteiger partial charge in [0.05, 0.1) is 48.7 Å². The number of nitrogens with zero attached hydrogens (tertiary/aromatic N) is 3. The summed E-state index contributed by atoms with van der Waals surface area (Å²) in [5, 5.41) is 27.0. The van der Waals surface area contributed by atoms with Crippen molar-refractivity contribution in [3.05, 3.63) is 229 Å². The Morgan fingerprint density at radius 3 is 1.06 bits per heavy atom. The van der Waals surface area contributed by atoms with Crippen molar-refractivity contribution < 1.29 is 71.6 Å². The molecule has 9 heterocycles. The molecule has 0 unspecified atom stereocenters. The van der Waals surface area contributed by atoms with Crippen molar-refractivity contribution in [3.63, 3.8) is 0 Å². The van der Waals surface area contributed by atoms with Gasteiger partial charge in [0.15, 0.2) is 11.5 Å². The van der Waals surface area contributed by atoms with Crippen LogP contribution < -0.4 is 62.1 Å². The van der Waals surface area contributed by atoms with Crippen molar-refractivity contribution >= 4 is 53.4 Å². The second-order valence-corrected chi connectivity index (χ2v) is 27.9. The average molecular weight is 1520 g/mol. The molecule has 9 aliphatic rings. The molecule has 0 aliphatic carbocycles. The highest BCUT2D eigenvalue weighted by Gasteiger charge is 2.28. The molecule has 0 saturated heterocycles. The topological polar surface area (TPSA) is 327 Å². The molecule has 16 rings (SSSR count). The van der Waals surface area contributed by atoms with Crippen LogP contribution in [-0.2, 0) is 34.0 Å². The lowest BCUT2D eigenvalue weighted by Gasteiger charge is -2.28. The second kappa shape index (κ2) is 42.7. The Bertz CT molecular complexity index is 4240. The molecule has 0 spiro atoms. The van der Waals surface area contributed by atoms with Gasteiger partial charge in [0.1, 0.15) is 31.2 Å². The molecule has 590 valence electrons. The molecule has 0 fully saturated rings. The number of carbonyl (C=O) groups is 9. The number of nitrogens with one attached hydrogen (secondary N) is 9. The monoisotopic (exact) mass is 1520 g/mol. The number of para-hydroxylation sites is 1. The number of ether oxygens (including phenoxy) is 6. The maximum Gasteiger partial charge on any atom is 0.407 e. The first kappa shape index (κ1) is 83.8. The molecule has 9 aliphatic heterocycles. The minimum absolute atomic E-state index is 0.000311. The third kappa shape index (κ3) is 25.7. The zero-order chi connectivity index (χ0) is 79.1. The maximum absolute atomic E-state index is 15.0. The van der Waals surface area contributed by atoms with Gasteiger partial charge in [-0.05, 0) is 136 Å². The lowest BCUT2D eigenvalue weighted by molar-refractivity contribution is 0.0399. The fourth-order valence-corrected chi connectivity index (χ4v) is 12.5. The molecule has 7 aromatic carbocycles. The molecule has 0 radical (unpaired) electrons. The molecular formula is C84H104N12O15. The highest BCUT2D eigenvalue weighted by atomic mass is 16.6. The predicted molar refractivity (Wildman–Crippen MR) is 421 cm³/mol. The van der Waals surface area contributed by atoms with Crippen molar-refractivity contribution in [1.29, 1.82) is 0 Å². The first-order chi connectivity index (χ1) is 53.6. The van der Waals surface area contributed by atoms with Gasteiger partial charge in [0, 0.05) is 140 Å².